The van der Waals surface area contributed by atoms with E-state index in [1.54, 1.807) is 0 Å². The van der Waals surface area contributed by atoms with E-state index >= 15 is 0 Å². The normalized spacial score (nSPS) is 15.2. The van der Waals surface area contributed by atoms with Crippen molar-refractivity contribution in [1.29, 1.82) is 0 Å². The summed E-state index contributed by atoms with van der Waals surface area (Å²) in [5.41, 5.74) is -0.0267. The Morgan fingerprint density at radius 3 is 2.00 bits per heavy atom. The molecule has 0 saturated heterocycles. The van der Waals surface area contributed by atoms with Crippen LogP contribution in [-0.2, 0) is 0 Å². The molecule has 0 aromatic heterocycles. The second kappa shape index (κ2) is 5.69. The van der Waals surface area contributed by atoms with Crippen molar-refractivity contribution in [2.24, 2.45) is 5.41 Å². The zero-order chi connectivity index (χ0) is 11.4. The summed E-state index contributed by atoms with van der Waals surface area (Å²) in [5, 5.41) is 9.57. The molecule has 3 heteroatoms. The van der Waals surface area contributed by atoms with Gasteiger partial charge in [-0.1, -0.05) is 13.8 Å². The van der Waals surface area contributed by atoms with E-state index < -0.39 is 0 Å². The van der Waals surface area contributed by atoms with E-state index in [0.717, 1.165) is 19.6 Å². The first-order chi connectivity index (χ1) is 6.25. The van der Waals surface area contributed by atoms with Crippen LogP contribution in [0.2, 0.25) is 0 Å². The average Bonchev–Trinajstić information content (AvgIpc) is 1.99. The van der Waals surface area contributed by atoms with Gasteiger partial charge < -0.3 is 14.9 Å². The van der Waals surface area contributed by atoms with Crippen molar-refractivity contribution in [2.75, 3.05) is 40.8 Å². The van der Waals surface area contributed by atoms with Crippen molar-refractivity contribution < 1.29 is 5.11 Å². The smallest absolute Gasteiger partial charge is 0.0575 e. The molecule has 0 aliphatic rings. The topological polar surface area (TPSA) is 26.7 Å². The summed E-state index contributed by atoms with van der Waals surface area (Å²) in [6.45, 7) is 9.10. The van der Waals surface area contributed by atoms with Gasteiger partial charge in [0.05, 0.1) is 6.10 Å². The summed E-state index contributed by atoms with van der Waals surface area (Å²) >= 11 is 0. The lowest BCUT2D eigenvalue weighted by molar-refractivity contribution is 0.0397. The highest BCUT2D eigenvalue weighted by Crippen LogP contribution is 2.20. The molecule has 0 radical (unpaired) electrons. The molecule has 0 aromatic rings. The lowest BCUT2D eigenvalue weighted by atomic mass is 9.87. The Morgan fingerprint density at radius 2 is 1.64 bits per heavy atom. The summed E-state index contributed by atoms with van der Waals surface area (Å²) in [5.74, 6) is 0. The first-order valence-electron chi connectivity index (χ1n) is 5.27. The van der Waals surface area contributed by atoms with Crippen LogP contribution >= 0.6 is 0 Å². The van der Waals surface area contributed by atoms with Gasteiger partial charge in [-0.05, 0) is 28.1 Å². The quantitative estimate of drug-likeness (QED) is 0.693. The van der Waals surface area contributed by atoms with Crippen LogP contribution in [0.25, 0.3) is 0 Å². The summed E-state index contributed by atoms with van der Waals surface area (Å²) in [7, 11) is 6.26. The molecular formula is C11H26N2O. The standard InChI is InChI=1S/C11H26N2O/c1-10(14)11(2,3)9-13(6)8-7-12(4)5/h10,14H,7-9H2,1-6H3. The molecule has 3 nitrogen and oxygen atoms in total. The number of rotatable bonds is 6. The van der Waals surface area contributed by atoms with E-state index in [9.17, 15) is 5.11 Å². The van der Waals surface area contributed by atoms with Crippen molar-refractivity contribution in [3.8, 4) is 0 Å². The molecule has 86 valence electrons. The van der Waals surface area contributed by atoms with E-state index in [1.807, 2.05) is 6.92 Å². The third kappa shape index (κ3) is 5.58. The molecule has 0 spiro atoms. The summed E-state index contributed by atoms with van der Waals surface area (Å²) in [4.78, 5) is 4.44. The van der Waals surface area contributed by atoms with Crippen molar-refractivity contribution in [3.63, 3.8) is 0 Å². The summed E-state index contributed by atoms with van der Waals surface area (Å²) in [6.07, 6.45) is -0.260. The van der Waals surface area contributed by atoms with Crippen LogP contribution in [0.3, 0.4) is 0 Å². The van der Waals surface area contributed by atoms with Gasteiger partial charge in [0.1, 0.15) is 0 Å². The van der Waals surface area contributed by atoms with Crippen LogP contribution in [0.15, 0.2) is 0 Å². The summed E-state index contributed by atoms with van der Waals surface area (Å²) in [6, 6.07) is 0. The molecule has 0 amide bonds. The molecule has 1 atom stereocenters. The fourth-order valence-electron chi connectivity index (χ4n) is 1.28. The Bertz CT molecular complexity index is 155. The Kier molecular flexibility index (Phi) is 5.64. The van der Waals surface area contributed by atoms with E-state index in [2.05, 4.69) is 44.8 Å². The highest BCUT2D eigenvalue weighted by molar-refractivity contribution is 4.77. The second-order valence-electron chi connectivity index (χ2n) is 5.21. The molecule has 0 aliphatic carbocycles. The number of likely N-dealkylation sites (N-methyl/N-ethyl adjacent to an activating group) is 2. The van der Waals surface area contributed by atoms with Crippen molar-refractivity contribution >= 4 is 0 Å². The summed E-state index contributed by atoms with van der Waals surface area (Å²) < 4.78 is 0. The van der Waals surface area contributed by atoms with Crippen LogP contribution in [0.4, 0.5) is 0 Å². The lowest BCUT2D eigenvalue weighted by Crippen LogP contribution is -2.40. The predicted octanol–water partition coefficient (Wildman–Crippen LogP) is 0.887. The van der Waals surface area contributed by atoms with Gasteiger partial charge >= 0.3 is 0 Å². The molecule has 0 fully saturated rings. The van der Waals surface area contributed by atoms with Crippen molar-refractivity contribution in [2.45, 2.75) is 26.9 Å². The molecule has 0 heterocycles. The van der Waals surface area contributed by atoms with E-state index in [4.69, 9.17) is 0 Å². The molecule has 0 aromatic carbocycles. The van der Waals surface area contributed by atoms with Gasteiger partial charge in [-0.3, -0.25) is 0 Å². The zero-order valence-corrected chi connectivity index (χ0v) is 10.5. The maximum atomic E-state index is 9.57. The molecule has 1 N–H and O–H groups in total. The molecule has 0 bridgehead atoms. The van der Waals surface area contributed by atoms with Crippen molar-refractivity contribution in [1.82, 2.24) is 9.80 Å². The van der Waals surface area contributed by atoms with Crippen molar-refractivity contribution in [3.05, 3.63) is 0 Å². The lowest BCUT2D eigenvalue weighted by Gasteiger charge is -2.33. The third-order valence-electron chi connectivity index (χ3n) is 2.74. The van der Waals surface area contributed by atoms with Gasteiger partial charge in [-0.2, -0.15) is 0 Å². The van der Waals surface area contributed by atoms with Crippen LogP contribution in [0.5, 0.6) is 0 Å². The third-order valence-corrected chi connectivity index (χ3v) is 2.74. The first kappa shape index (κ1) is 13.9. The fraction of sp³-hybridized carbons (Fsp3) is 1.00. The minimum absolute atomic E-state index is 0.0267. The van der Waals surface area contributed by atoms with Gasteiger partial charge in [-0.25, -0.2) is 0 Å². The van der Waals surface area contributed by atoms with Crippen LogP contribution in [0, 0.1) is 5.41 Å². The maximum absolute atomic E-state index is 9.57. The SMILES string of the molecule is CC(O)C(C)(C)CN(C)CCN(C)C. The first-order valence-corrected chi connectivity index (χ1v) is 5.27. The monoisotopic (exact) mass is 202 g/mol. The van der Waals surface area contributed by atoms with Gasteiger partial charge in [0.25, 0.3) is 0 Å². The van der Waals surface area contributed by atoms with Gasteiger partial charge in [0.15, 0.2) is 0 Å². The van der Waals surface area contributed by atoms with E-state index in [-0.39, 0.29) is 11.5 Å². The molecular weight excluding hydrogens is 176 g/mol. The number of nitrogens with zero attached hydrogens (tertiary/aromatic N) is 2. The molecule has 0 saturated carbocycles. The van der Waals surface area contributed by atoms with Gasteiger partial charge in [0.2, 0.25) is 0 Å². The number of aliphatic hydroxyl groups excluding tert-OH is 1. The number of hydrogen-bond donors (Lipinski definition) is 1. The largest absolute Gasteiger partial charge is 0.393 e. The minimum Gasteiger partial charge on any atom is -0.393 e. The van der Waals surface area contributed by atoms with E-state index in [0.29, 0.717) is 0 Å². The maximum Gasteiger partial charge on any atom is 0.0575 e. The van der Waals surface area contributed by atoms with Crippen LogP contribution in [-0.4, -0.2) is 61.8 Å². The number of aliphatic hydroxyl groups is 1. The Hall–Kier alpha value is -0.120. The van der Waals surface area contributed by atoms with E-state index in [1.165, 1.54) is 0 Å². The second-order valence-corrected chi connectivity index (χ2v) is 5.21. The Balaban J connectivity index is 3.87. The Labute approximate surface area is 88.7 Å². The fourth-order valence-corrected chi connectivity index (χ4v) is 1.28. The minimum atomic E-state index is -0.260. The Morgan fingerprint density at radius 1 is 1.14 bits per heavy atom. The molecule has 0 aliphatic heterocycles. The predicted molar refractivity (Wildman–Crippen MR) is 61.5 cm³/mol. The molecule has 14 heavy (non-hydrogen) atoms. The van der Waals surface area contributed by atoms with Gasteiger partial charge in [-0.15, -0.1) is 0 Å². The van der Waals surface area contributed by atoms with Gasteiger partial charge in [0, 0.05) is 25.0 Å². The number of hydrogen-bond acceptors (Lipinski definition) is 3. The molecule has 0 rings (SSSR count). The highest BCUT2D eigenvalue weighted by Gasteiger charge is 2.25. The molecule has 1 unspecified atom stereocenters. The zero-order valence-electron chi connectivity index (χ0n) is 10.5. The highest BCUT2D eigenvalue weighted by atomic mass is 16.3. The van der Waals surface area contributed by atoms with Crippen LogP contribution in [0.1, 0.15) is 20.8 Å². The average molecular weight is 202 g/mol. The van der Waals surface area contributed by atoms with Crippen LogP contribution < -0.4 is 0 Å².